The third kappa shape index (κ3) is 9.54. The van der Waals surface area contributed by atoms with Crippen molar-refractivity contribution in [3.63, 3.8) is 0 Å². The van der Waals surface area contributed by atoms with E-state index in [1.165, 1.54) is 17.2 Å². The van der Waals surface area contributed by atoms with E-state index >= 15 is 0 Å². The van der Waals surface area contributed by atoms with Gasteiger partial charge in [0.05, 0.1) is 19.2 Å². The molecule has 37 heavy (non-hydrogen) atoms. The molecule has 5 nitrogen and oxygen atoms in total. The van der Waals surface area contributed by atoms with Crippen LogP contribution in [0.3, 0.4) is 0 Å². The third-order valence-electron chi connectivity index (χ3n) is 5.90. The van der Waals surface area contributed by atoms with Crippen molar-refractivity contribution >= 4 is 23.1 Å². The minimum Gasteiger partial charge on any atom is -0.460 e. The second kappa shape index (κ2) is 14.4. The predicted octanol–water partition coefficient (Wildman–Crippen LogP) is 6.24. The zero-order chi connectivity index (χ0) is 26.6. The molecule has 0 aliphatic heterocycles. The van der Waals surface area contributed by atoms with Gasteiger partial charge in [0.15, 0.2) is 0 Å². The molecule has 0 aliphatic carbocycles. The second-order valence-corrected chi connectivity index (χ2v) is 9.66. The molecule has 0 fully saturated rings. The Bertz CT molecular complexity index is 1220. The van der Waals surface area contributed by atoms with Gasteiger partial charge in [0, 0.05) is 22.7 Å². The largest absolute Gasteiger partial charge is 0.460 e. The van der Waals surface area contributed by atoms with Crippen LogP contribution in [0.15, 0.2) is 100 Å². The highest BCUT2D eigenvalue weighted by atomic mass is 35.5. The number of nitrogens with one attached hydrogen (secondary N) is 2. The van der Waals surface area contributed by atoms with Gasteiger partial charge in [0.2, 0.25) is 5.91 Å². The van der Waals surface area contributed by atoms with Gasteiger partial charge in [-0.25, -0.2) is 0 Å². The van der Waals surface area contributed by atoms with Crippen molar-refractivity contribution in [3.05, 3.63) is 124 Å². The lowest BCUT2D eigenvalue weighted by molar-refractivity contribution is -0.117. The number of rotatable bonds is 12. The standard InChI is InChI=1S/C31H35ClN2O3/c1-22-9-12-26(13-10-22)24(3)33-20-29-16-17-30(37-29)27(14-11-23(2)32)15-18-31(36)34-28(21-35)19-25-7-5-4-6-8-25/h4-18,24,28,33,35H,19-21H2,1-3H3,(H,34,36)/b18-15+,23-11+,27-14+/t24?,28-/m1/s1. The fourth-order valence-corrected chi connectivity index (χ4v) is 3.82. The predicted molar refractivity (Wildman–Crippen MR) is 151 cm³/mol. The van der Waals surface area contributed by atoms with Gasteiger partial charge in [-0.1, -0.05) is 77.8 Å². The van der Waals surface area contributed by atoms with Gasteiger partial charge in [0.25, 0.3) is 0 Å². The molecule has 194 valence electrons. The minimum atomic E-state index is -0.381. The summed E-state index contributed by atoms with van der Waals surface area (Å²) in [4.78, 5) is 12.6. The number of carbonyl (C=O) groups is 1. The average molecular weight is 519 g/mol. The van der Waals surface area contributed by atoms with Crippen molar-refractivity contribution in [2.45, 2.75) is 45.8 Å². The van der Waals surface area contributed by atoms with E-state index < -0.39 is 0 Å². The van der Waals surface area contributed by atoms with E-state index in [0.717, 1.165) is 11.3 Å². The lowest BCUT2D eigenvalue weighted by Crippen LogP contribution is -2.38. The highest BCUT2D eigenvalue weighted by Gasteiger charge is 2.12. The van der Waals surface area contributed by atoms with Crippen LogP contribution in [0.2, 0.25) is 0 Å². The molecule has 3 N–H and O–H groups in total. The van der Waals surface area contributed by atoms with Gasteiger partial charge in [0.1, 0.15) is 11.5 Å². The fraction of sp³-hybridized carbons (Fsp3) is 0.258. The lowest BCUT2D eigenvalue weighted by Gasteiger charge is -2.15. The molecular formula is C31H35ClN2O3. The van der Waals surface area contributed by atoms with Gasteiger partial charge in [-0.15, -0.1) is 0 Å². The zero-order valence-electron chi connectivity index (χ0n) is 21.6. The summed E-state index contributed by atoms with van der Waals surface area (Å²) in [5.41, 5.74) is 4.19. The zero-order valence-corrected chi connectivity index (χ0v) is 22.3. The molecule has 1 heterocycles. The molecule has 0 saturated carbocycles. The number of hydrogen-bond donors (Lipinski definition) is 3. The number of halogens is 1. The van der Waals surface area contributed by atoms with Crippen LogP contribution in [-0.2, 0) is 17.8 Å². The first-order valence-corrected chi connectivity index (χ1v) is 12.8. The van der Waals surface area contributed by atoms with Crippen LogP contribution in [0.5, 0.6) is 0 Å². The molecular weight excluding hydrogens is 484 g/mol. The molecule has 1 aromatic heterocycles. The normalized spacial score (nSPS) is 14.1. The number of benzene rings is 2. The van der Waals surface area contributed by atoms with Crippen LogP contribution in [0.25, 0.3) is 5.57 Å². The molecule has 0 radical (unpaired) electrons. The molecule has 3 rings (SSSR count). The monoisotopic (exact) mass is 518 g/mol. The van der Waals surface area contributed by atoms with E-state index in [1.54, 1.807) is 19.1 Å². The number of allylic oxidation sites excluding steroid dienone is 5. The number of aliphatic hydroxyl groups is 1. The maximum absolute atomic E-state index is 12.6. The first-order chi connectivity index (χ1) is 17.8. The molecule has 1 unspecified atom stereocenters. The Morgan fingerprint density at radius 1 is 1.03 bits per heavy atom. The van der Waals surface area contributed by atoms with Crippen LogP contribution in [0, 0.1) is 6.92 Å². The number of furan rings is 1. The van der Waals surface area contributed by atoms with Gasteiger partial charge in [-0.2, -0.15) is 0 Å². The van der Waals surface area contributed by atoms with E-state index in [9.17, 15) is 9.90 Å². The number of aryl methyl sites for hydroxylation is 1. The Hall–Kier alpha value is -3.38. The third-order valence-corrected chi connectivity index (χ3v) is 6.03. The molecule has 3 aromatic rings. The van der Waals surface area contributed by atoms with E-state index in [1.807, 2.05) is 48.5 Å². The molecule has 2 aromatic carbocycles. The minimum absolute atomic E-state index is 0.152. The molecule has 0 bridgehead atoms. The number of hydrogen-bond acceptors (Lipinski definition) is 4. The van der Waals surface area contributed by atoms with Crippen LogP contribution in [0.4, 0.5) is 0 Å². The smallest absolute Gasteiger partial charge is 0.244 e. The SMILES string of the molecule is C\C(Cl)=C/C=C(\C=C\C(=O)N[C@@H](CO)Cc1ccccc1)c1ccc(CNC(C)c2ccc(C)cc2)o1. The first-order valence-electron chi connectivity index (χ1n) is 12.4. The quantitative estimate of drug-likeness (QED) is 0.196. The van der Waals surface area contributed by atoms with Gasteiger partial charge in [-0.3, -0.25) is 4.79 Å². The maximum Gasteiger partial charge on any atom is 0.244 e. The molecule has 2 atom stereocenters. The van der Waals surface area contributed by atoms with Crippen molar-refractivity contribution in [2.75, 3.05) is 6.61 Å². The summed E-state index contributed by atoms with van der Waals surface area (Å²) in [6, 6.07) is 21.8. The first kappa shape index (κ1) is 28.2. The van der Waals surface area contributed by atoms with Crippen LogP contribution < -0.4 is 10.6 Å². The number of aliphatic hydroxyl groups excluding tert-OH is 1. The summed E-state index contributed by atoms with van der Waals surface area (Å²) < 4.78 is 6.07. The summed E-state index contributed by atoms with van der Waals surface area (Å²) in [5.74, 6) is 1.11. The highest BCUT2D eigenvalue weighted by Crippen LogP contribution is 2.21. The molecule has 0 saturated heterocycles. The Morgan fingerprint density at radius 2 is 1.76 bits per heavy atom. The summed E-state index contributed by atoms with van der Waals surface area (Å²) in [7, 11) is 0. The molecule has 1 amide bonds. The van der Waals surface area contributed by atoms with Crippen LogP contribution >= 0.6 is 11.6 Å². The Morgan fingerprint density at radius 3 is 2.43 bits per heavy atom. The van der Waals surface area contributed by atoms with Crippen LogP contribution in [-0.4, -0.2) is 23.7 Å². The molecule has 0 aliphatic rings. The van der Waals surface area contributed by atoms with Crippen molar-refractivity contribution in [1.82, 2.24) is 10.6 Å². The topological polar surface area (TPSA) is 74.5 Å². The summed E-state index contributed by atoms with van der Waals surface area (Å²) >= 11 is 6.04. The van der Waals surface area contributed by atoms with E-state index in [2.05, 4.69) is 48.7 Å². The van der Waals surface area contributed by atoms with Crippen molar-refractivity contribution < 1.29 is 14.3 Å². The van der Waals surface area contributed by atoms with Crippen molar-refractivity contribution in [3.8, 4) is 0 Å². The van der Waals surface area contributed by atoms with E-state index in [0.29, 0.717) is 29.3 Å². The molecule has 6 heteroatoms. The second-order valence-electron chi connectivity index (χ2n) is 9.07. The van der Waals surface area contributed by atoms with E-state index in [4.69, 9.17) is 16.0 Å². The Kier molecular flexibility index (Phi) is 11.0. The van der Waals surface area contributed by atoms with Gasteiger partial charge < -0.3 is 20.2 Å². The number of carbonyl (C=O) groups excluding carboxylic acids is 1. The summed E-state index contributed by atoms with van der Waals surface area (Å²) in [6.07, 6.45) is 7.24. The van der Waals surface area contributed by atoms with E-state index in [-0.39, 0.29) is 24.6 Å². The van der Waals surface area contributed by atoms with Crippen molar-refractivity contribution in [2.24, 2.45) is 0 Å². The Balaban J connectivity index is 1.65. The maximum atomic E-state index is 12.6. The fourth-order valence-electron chi connectivity index (χ4n) is 3.75. The van der Waals surface area contributed by atoms with Gasteiger partial charge >= 0.3 is 0 Å². The lowest BCUT2D eigenvalue weighted by atomic mass is 10.1. The van der Waals surface area contributed by atoms with Gasteiger partial charge in [-0.05, 0) is 62.6 Å². The summed E-state index contributed by atoms with van der Waals surface area (Å²) in [6.45, 7) is 6.39. The number of amides is 1. The summed E-state index contributed by atoms with van der Waals surface area (Å²) in [5, 5.41) is 16.7. The van der Waals surface area contributed by atoms with Crippen LogP contribution in [0.1, 0.15) is 48.1 Å². The van der Waals surface area contributed by atoms with Crippen molar-refractivity contribution in [1.29, 1.82) is 0 Å². The average Bonchev–Trinajstić information content (AvgIpc) is 3.36. The molecule has 0 spiro atoms. The Labute approximate surface area is 224 Å². The highest BCUT2D eigenvalue weighted by molar-refractivity contribution is 6.29.